The molecule has 2 aliphatic rings. The van der Waals surface area contributed by atoms with Gasteiger partial charge in [-0.15, -0.1) is 0 Å². The second-order valence-electron chi connectivity index (χ2n) is 5.43. The van der Waals surface area contributed by atoms with Crippen molar-refractivity contribution in [2.45, 2.75) is 64.1 Å². The molecule has 0 saturated carbocycles. The second kappa shape index (κ2) is 9.66. The maximum atomic E-state index is 5.67. The number of hydrogen-bond acceptors (Lipinski definition) is 5. The van der Waals surface area contributed by atoms with Gasteiger partial charge in [0, 0.05) is 21.3 Å². The van der Waals surface area contributed by atoms with Crippen LogP contribution in [0.3, 0.4) is 0 Å². The van der Waals surface area contributed by atoms with Crippen LogP contribution >= 0.6 is 0 Å². The SMILES string of the molecule is CCC(C)(C)OC.COC.NC1CCC2COC1O2. The highest BCUT2D eigenvalue weighted by Crippen LogP contribution is 2.25. The zero-order valence-corrected chi connectivity index (χ0v) is 13.3. The first-order valence-electron chi connectivity index (χ1n) is 6.88. The van der Waals surface area contributed by atoms with Gasteiger partial charge in [0.15, 0.2) is 6.29 Å². The Morgan fingerprint density at radius 3 is 2.16 bits per heavy atom. The van der Waals surface area contributed by atoms with Gasteiger partial charge in [-0.2, -0.15) is 0 Å². The minimum Gasteiger partial charge on any atom is -0.388 e. The molecule has 2 saturated heterocycles. The van der Waals surface area contributed by atoms with Gasteiger partial charge in [0.1, 0.15) is 0 Å². The van der Waals surface area contributed by atoms with Gasteiger partial charge in [-0.25, -0.2) is 0 Å². The summed E-state index contributed by atoms with van der Waals surface area (Å²) in [6.45, 7) is 7.02. The maximum absolute atomic E-state index is 5.67. The van der Waals surface area contributed by atoms with Crippen LogP contribution in [0, 0.1) is 0 Å². The number of methoxy groups -OCH3 is 2. The monoisotopic (exact) mass is 277 g/mol. The molecule has 5 nitrogen and oxygen atoms in total. The van der Waals surface area contributed by atoms with Crippen molar-refractivity contribution in [3.8, 4) is 0 Å². The molecule has 2 bridgehead atoms. The molecule has 2 heterocycles. The van der Waals surface area contributed by atoms with Gasteiger partial charge in [0.2, 0.25) is 0 Å². The molecule has 0 amide bonds. The van der Waals surface area contributed by atoms with Gasteiger partial charge >= 0.3 is 0 Å². The molecule has 5 heteroatoms. The van der Waals surface area contributed by atoms with Crippen LogP contribution in [0.2, 0.25) is 0 Å². The highest BCUT2D eigenvalue weighted by atomic mass is 16.7. The van der Waals surface area contributed by atoms with Crippen LogP contribution in [0.4, 0.5) is 0 Å². The molecule has 0 aromatic heterocycles. The van der Waals surface area contributed by atoms with E-state index in [0.717, 1.165) is 25.9 Å². The molecule has 2 fully saturated rings. The predicted octanol–water partition coefficient (Wildman–Crippen LogP) is 1.93. The van der Waals surface area contributed by atoms with Gasteiger partial charge in [-0.1, -0.05) is 6.92 Å². The van der Waals surface area contributed by atoms with Crippen molar-refractivity contribution in [1.29, 1.82) is 0 Å². The fourth-order valence-corrected chi connectivity index (χ4v) is 1.51. The Morgan fingerprint density at radius 1 is 1.21 bits per heavy atom. The molecule has 0 radical (unpaired) electrons. The minimum absolute atomic E-state index is 0.0833. The lowest BCUT2D eigenvalue weighted by Gasteiger charge is -2.23. The first-order chi connectivity index (χ1) is 8.90. The smallest absolute Gasteiger partial charge is 0.173 e. The van der Waals surface area contributed by atoms with Gasteiger partial charge in [0.25, 0.3) is 0 Å². The highest BCUT2D eigenvalue weighted by molar-refractivity contribution is 4.80. The molecule has 0 spiro atoms. The van der Waals surface area contributed by atoms with Crippen molar-refractivity contribution in [3.63, 3.8) is 0 Å². The van der Waals surface area contributed by atoms with Crippen molar-refractivity contribution in [2.75, 3.05) is 27.9 Å². The Hall–Kier alpha value is -0.200. The summed E-state index contributed by atoms with van der Waals surface area (Å²) in [5, 5.41) is 0. The van der Waals surface area contributed by atoms with Crippen molar-refractivity contribution in [1.82, 2.24) is 0 Å². The normalized spacial score (nSPS) is 28.9. The Kier molecular flexibility index (Phi) is 9.56. The molecule has 2 aliphatic heterocycles. The summed E-state index contributed by atoms with van der Waals surface area (Å²) >= 11 is 0. The standard InChI is InChI=1S/C6H11NO2.C6H14O.C2H6O/c7-5-2-1-4-3-8-6(5)9-4;1-5-6(2,3)7-4;1-3-2/h4-6H,1-3,7H2;5H2,1-4H3;1-2H3. The molecule has 116 valence electrons. The largest absolute Gasteiger partial charge is 0.388 e. The van der Waals surface area contributed by atoms with Crippen LogP contribution in [0.15, 0.2) is 0 Å². The van der Waals surface area contributed by atoms with Gasteiger partial charge < -0.3 is 24.7 Å². The zero-order valence-electron chi connectivity index (χ0n) is 13.3. The topological polar surface area (TPSA) is 62.9 Å². The Balaban J connectivity index is 0.000000292. The molecule has 2 rings (SSSR count). The van der Waals surface area contributed by atoms with Crippen molar-refractivity contribution in [3.05, 3.63) is 0 Å². The van der Waals surface area contributed by atoms with Crippen molar-refractivity contribution < 1.29 is 18.9 Å². The number of ether oxygens (including phenoxy) is 4. The quantitative estimate of drug-likeness (QED) is 0.835. The van der Waals surface area contributed by atoms with E-state index in [2.05, 4.69) is 25.5 Å². The van der Waals surface area contributed by atoms with Crippen LogP contribution in [-0.2, 0) is 18.9 Å². The lowest BCUT2D eigenvalue weighted by Crippen LogP contribution is -2.39. The summed E-state index contributed by atoms with van der Waals surface area (Å²) in [7, 11) is 4.99. The number of rotatable bonds is 2. The van der Waals surface area contributed by atoms with Crippen LogP contribution < -0.4 is 5.73 Å². The van der Waals surface area contributed by atoms with E-state index in [-0.39, 0.29) is 17.9 Å². The van der Waals surface area contributed by atoms with Gasteiger partial charge in [0.05, 0.1) is 24.4 Å². The van der Waals surface area contributed by atoms with E-state index in [9.17, 15) is 0 Å². The van der Waals surface area contributed by atoms with Crippen LogP contribution in [0.1, 0.15) is 40.0 Å². The van der Waals surface area contributed by atoms with E-state index in [1.54, 1.807) is 21.3 Å². The summed E-state index contributed by atoms with van der Waals surface area (Å²) in [6, 6.07) is 0.115. The van der Waals surface area contributed by atoms with E-state index >= 15 is 0 Å². The maximum Gasteiger partial charge on any atom is 0.173 e. The summed E-state index contributed by atoms with van der Waals surface area (Å²) in [4.78, 5) is 0. The van der Waals surface area contributed by atoms with Gasteiger partial charge in [-0.05, 0) is 33.1 Å². The Labute approximate surface area is 117 Å². The average molecular weight is 277 g/mol. The molecule has 2 N–H and O–H groups in total. The van der Waals surface area contributed by atoms with Gasteiger partial charge in [-0.3, -0.25) is 0 Å². The fourth-order valence-electron chi connectivity index (χ4n) is 1.51. The minimum atomic E-state index is -0.0938. The third-order valence-electron chi connectivity index (χ3n) is 3.35. The molecule has 3 unspecified atom stereocenters. The Bertz CT molecular complexity index is 217. The molecule has 0 aromatic rings. The summed E-state index contributed by atoms with van der Waals surface area (Å²) < 4.78 is 19.9. The third-order valence-corrected chi connectivity index (χ3v) is 3.35. The molecule has 3 atom stereocenters. The van der Waals surface area contributed by atoms with Crippen LogP contribution in [-0.4, -0.2) is 52.0 Å². The highest BCUT2D eigenvalue weighted by Gasteiger charge is 2.35. The van der Waals surface area contributed by atoms with Crippen molar-refractivity contribution >= 4 is 0 Å². The Morgan fingerprint density at radius 2 is 1.79 bits per heavy atom. The van der Waals surface area contributed by atoms with Crippen molar-refractivity contribution in [2.24, 2.45) is 5.73 Å². The van der Waals surface area contributed by atoms with Crippen LogP contribution in [0.25, 0.3) is 0 Å². The first-order valence-corrected chi connectivity index (χ1v) is 6.88. The van der Waals surface area contributed by atoms with Crippen LogP contribution in [0.5, 0.6) is 0 Å². The molecule has 0 aliphatic carbocycles. The average Bonchev–Trinajstić information content (AvgIpc) is 2.80. The van der Waals surface area contributed by atoms with E-state index in [1.807, 2.05) is 0 Å². The molecule has 0 aromatic carbocycles. The zero-order chi connectivity index (χ0) is 14.9. The summed E-state index contributed by atoms with van der Waals surface area (Å²) in [5.74, 6) is 0. The van der Waals surface area contributed by atoms with E-state index in [4.69, 9.17) is 19.9 Å². The molecule has 19 heavy (non-hydrogen) atoms. The fraction of sp³-hybridized carbons (Fsp3) is 1.00. The lowest BCUT2D eigenvalue weighted by molar-refractivity contribution is -0.0942. The van der Waals surface area contributed by atoms with E-state index < -0.39 is 0 Å². The number of nitrogens with two attached hydrogens (primary N) is 1. The lowest BCUT2D eigenvalue weighted by atomic mass is 10.1. The summed E-state index contributed by atoms with van der Waals surface area (Å²) in [5.41, 5.74) is 5.75. The molecular weight excluding hydrogens is 246 g/mol. The summed E-state index contributed by atoms with van der Waals surface area (Å²) in [6.07, 6.45) is 3.44. The first kappa shape index (κ1) is 18.8. The second-order valence-corrected chi connectivity index (χ2v) is 5.43. The predicted molar refractivity (Wildman–Crippen MR) is 76.1 cm³/mol. The van der Waals surface area contributed by atoms with E-state index in [1.165, 1.54) is 0 Å². The van der Waals surface area contributed by atoms with E-state index in [0.29, 0.717) is 6.10 Å². The molecular formula is C14H31NO4. The number of hydrogen-bond donors (Lipinski definition) is 1. The number of fused-ring (bicyclic) bond motifs is 2. The third kappa shape index (κ3) is 7.84.